The highest BCUT2D eigenvalue weighted by atomic mass is 16.5. The number of hydrogen-bond donors (Lipinski definition) is 2. The molecule has 0 spiro atoms. The van der Waals surface area contributed by atoms with E-state index >= 15 is 0 Å². The molecule has 13 heavy (non-hydrogen) atoms. The van der Waals surface area contributed by atoms with Crippen LogP contribution < -0.4 is 5.32 Å². The van der Waals surface area contributed by atoms with E-state index in [9.17, 15) is 5.11 Å². The Morgan fingerprint density at radius 1 is 1.38 bits per heavy atom. The van der Waals surface area contributed by atoms with Crippen LogP contribution in [0.15, 0.2) is 0 Å². The fraction of sp³-hybridized carbons (Fsp3) is 1.00. The van der Waals surface area contributed by atoms with E-state index in [0.717, 1.165) is 45.4 Å². The maximum absolute atomic E-state index is 10.1. The van der Waals surface area contributed by atoms with E-state index in [1.807, 2.05) is 0 Å². The topological polar surface area (TPSA) is 41.5 Å². The third-order valence-corrected chi connectivity index (χ3v) is 2.48. The highest BCUT2D eigenvalue weighted by Gasteiger charge is 2.27. The summed E-state index contributed by atoms with van der Waals surface area (Å²) < 4.78 is 5.40. The third kappa shape index (κ3) is 4.07. The standard InChI is InChI=1S/C10H21NO2/c1-2-8-13-9-10(12)4-3-6-11-7-5-10/h11-12H,2-9H2,1H3. The fourth-order valence-electron chi connectivity index (χ4n) is 1.66. The Balaban J connectivity index is 2.25. The molecule has 1 fully saturated rings. The Kier molecular flexibility index (Phi) is 4.70. The highest BCUT2D eigenvalue weighted by molar-refractivity contribution is 4.81. The molecule has 0 bridgehead atoms. The van der Waals surface area contributed by atoms with Gasteiger partial charge in [0, 0.05) is 6.61 Å². The summed E-state index contributed by atoms with van der Waals surface area (Å²) in [5.41, 5.74) is -0.571. The first-order valence-electron chi connectivity index (χ1n) is 5.28. The molecule has 78 valence electrons. The Morgan fingerprint density at radius 3 is 3.00 bits per heavy atom. The lowest BCUT2D eigenvalue weighted by Crippen LogP contribution is -2.35. The molecular formula is C10H21NO2. The summed E-state index contributed by atoms with van der Waals surface area (Å²) in [7, 11) is 0. The van der Waals surface area contributed by atoms with Crippen molar-refractivity contribution in [3.8, 4) is 0 Å². The maximum Gasteiger partial charge on any atom is 0.0892 e. The Hall–Kier alpha value is -0.120. The van der Waals surface area contributed by atoms with Gasteiger partial charge in [0.05, 0.1) is 12.2 Å². The van der Waals surface area contributed by atoms with Gasteiger partial charge < -0.3 is 15.2 Å². The number of rotatable bonds is 4. The molecule has 1 saturated heterocycles. The molecule has 3 nitrogen and oxygen atoms in total. The van der Waals surface area contributed by atoms with Crippen molar-refractivity contribution in [2.24, 2.45) is 0 Å². The van der Waals surface area contributed by atoms with Gasteiger partial charge in [0.2, 0.25) is 0 Å². The summed E-state index contributed by atoms with van der Waals surface area (Å²) in [5.74, 6) is 0. The summed E-state index contributed by atoms with van der Waals surface area (Å²) in [6, 6.07) is 0. The van der Waals surface area contributed by atoms with Crippen LogP contribution in [-0.2, 0) is 4.74 Å². The third-order valence-electron chi connectivity index (χ3n) is 2.48. The van der Waals surface area contributed by atoms with Gasteiger partial charge in [0.1, 0.15) is 0 Å². The molecule has 1 unspecified atom stereocenters. The largest absolute Gasteiger partial charge is 0.387 e. The van der Waals surface area contributed by atoms with E-state index < -0.39 is 5.60 Å². The second-order valence-corrected chi connectivity index (χ2v) is 3.88. The smallest absolute Gasteiger partial charge is 0.0892 e. The zero-order chi connectivity index (χ0) is 9.57. The van der Waals surface area contributed by atoms with E-state index in [4.69, 9.17) is 4.74 Å². The molecular weight excluding hydrogens is 166 g/mol. The van der Waals surface area contributed by atoms with Gasteiger partial charge >= 0.3 is 0 Å². The lowest BCUT2D eigenvalue weighted by molar-refractivity contribution is -0.0534. The van der Waals surface area contributed by atoms with E-state index in [1.165, 1.54) is 0 Å². The molecule has 2 N–H and O–H groups in total. The molecule has 0 aromatic rings. The van der Waals surface area contributed by atoms with Crippen LogP contribution >= 0.6 is 0 Å². The van der Waals surface area contributed by atoms with Crippen LogP contribution in [0.5, 0.6) is 0 Å². The van der Waals surface area contributed by atoms with Crippen LogP contribution in [0.25, 0.3) is 0 Å². The van der Waals surface area contributed by atoms with Crippen molar-refractivity contribution in [3.63, 3.8) is 0 Å². The van der Waals surface area contributed by atoms with Crippen LogP contribution in [0.3, 0.4) is 0 Å². The van der Waals surface area contributed by atoms with E-state index in [-0.39, 0.29) is 0 Å². The Labute approximate surface area is 80.5 Å². The van der Waals surface area contributed by atoms with Crippen molar-refractivity contribution >= 4 is 0 Å². The minimum absolute atomic E-state index is 0.502. The average Bonchev–Trinajstić information content (AvgIpc) is 2.31. The van der Waals surface area contributed by atoms with Gasteiger partial charge in [-0.25, -0.2) is 0 Å². The molecule has 0 aliphatic carbocycles. The lowest BCUT2D eigenvalue weighted by Gasteiger charge is -2.25. The summed E-state index contributed by atoms with van der Waals surface area (Å²) in [6.45, 7) is 5.28. The summed E-state index contributed by atoms with van der Waals surface area (Å²) in [6.07, 6.45) is 3.75. The Bertz CT molecular complexity index is 131. The monoisotopic (exact) mass is 187 g/mol. The quantitative estimate of drug-likeness (QED) is 0.643. The molecule has 0 aromatic carbocycles. The molecule has 1 heterocycles. The lowest BCUT2D eigenvalue weighted by atomic mass is 9.96. The molecule has 0 saturated carbocycles. The fourth-order valence-corrected chi connectivity index (χ4v) is 1.66. The van der Waals surface area contributed by atoms with Crippen molar-refractivity contribution in [1.82, 2.24) is 5.32 Å². The summed E-state index contributed by atoms with van der Waals surface area (Å²) in [5, 5.41) is 13.4. The summed E-state index contributed by atoms with van der Waals surface area (Å²) >= 11 is 0. The van der Waals surface area contributed by atoms with Gasteiger partial charge in [-0.15, -0.1) is 0 Å². The molecule has 0 radical (unpaired) electrons. The molecule has 0 aromatic heterocycles. The molecule has 1 aliphatic rings. The van der Waals surface area contributed by atoms with Crippen LogP contribution in [-0.4, -0.2) is 37.0 Å². The summed E-state index contributed by atoms with van der Waals surface area (Å²) in [4.78, 5) is 0. The van der Waals surface area contributed by atoms with Gasteiger partial charge in [-0.05, 0) is 38.8 Å². The van der Waals surface area contributed by atoms with Gasteiger partial charge in [0.15, 0.2) is 0 Å². The van der Waals surface area contributed by atoms with Gasteiger partial charge in [0.25, 0.3) is 0 Å². The first kappa shape index (κ1) is 11.0. The number of hydrogen-bond acceptors (Lipinski definition) is 3. The van der Waals surface area contributed by atoms with Crippen molar-refractivity contribution in [2.75, 3.05) is 26.3 Å². The average molecular weight is 187 g/mol. The number of nitrogens with one attached hydrogen (secondary N) is 1. The van der Waals surface area contributed by atoms with E-state index in [1.54, 1.807) is 0 Å². The minimum Gasteiger partial charge on any atom is -0.387 e. The van der Waals surface area contributed by atoms with E-state index in [2.05, 4.69) is 12.2 Å². The number of ether oxygens (including phenoxy) is 1. The normalized spacial score (nSPS) is 30.0. The van der Waals surface area contributed by atoms with Crippen LogP contribution in [0.1, 0.15) is 32.6 Å². The second-order valence-electron chi connectivity index (χ2n) is 3.88. The van der Waals surface area contributed by atoms with Crippen molar-refractivity contribution in [1.29, 1.82) is 0 Å². The van der Waals surface area contributed by atoms with E-state index in [0.29, 0.717) is 6.61 Å². The molecule has 1 aliphatic heterocycles. The van der Waals surface area contributed by atoms with Gasteiger partial charge in [-0.2, -0.15) is 0 Å². The highest BCUT2D eigenvalue weighted by Crippen LogP contribution is 2.19. The predicted octanol–water partition coefficient (Wildman–Crippen LogP) is 0.918. The second kappa shape index (κ2) is 5.58. The number of aliphatic hydroxyl groups is 1. The maximum atomic E-state index is 10.1. The van der Waals surface area contributed by atoms with Gasteiger partial charge in [-0.1, -0.05) is 6.92 Å². The zero-order valence-corrected chi connectivity index (χ0v) is 8.51. The van der Waals surface area contributed by atoms with Crippen LogP contribution in [0.2, 0.25) is 0 Å². The van der Waals surface area contributed by atoms with Crippen molar-refractivity contribution < 1.29 is 9.84 Å². The zero-order valence-electron chi connectivity index (χ0n) is 8.51. The van der Waals surface area contributed by atoms with Crippen molar-refractivity contribution in [3.05, 3.63) is 0 Å². The van der Waals surface area contributed by atoms with Crippen LogP contribution in [0.4, 0.5) is 0 Å². The van der Waals surface area contributed by atoms with Gasteiger partial charge in [-0.3, -0.25) is 0 Å². The Morgan fingerprint density at radius 2 is 2.23 bits per heavy atom. The molecule has 3 heteroatoms. The minimum atomic E-state index is -0.571. The molecule has 1 rings (SSSR count). The predicted molar refractivity (Wildman–Crippen MR) is 52.8 cm³/mol. The van der Waals surface area contributed by atoms with Crippen LogP contribution in [0, 0.1) is 0 Å². The molecule has 1 atom stereocenters. The first-order valence-corrected chi connectivity index (χ1v) is 5.28. The van der Waals surface area contributed by atoms with Crippen molar-refractivity contribution in [2.45, 2.75) is 38.2 Å². The first-order chi connectivity index (χ1) is 6.27. The SMILES string of the molecule is CCCOCC1(O)CCCNCC1. The molecule has 0 amide bonds.